The first kappa shape index (κ1) is 16.0. The van der Waals surface area contributed by atoms with E-state index in [-0.39, 0.29) is 0 Å². The highest BCUT2D eigenvalue weighted by atomic mass is 16.5. The molecule has 3 rings (SSSR count). The number of aryl methyl sites for hydroxylation is 3. The number of hydroxylamine groups is 1. The summed E-state index contributed by atoms with van der Waals surface area (Å²) in [6, 6.07) is 16.2. The molecule has 0 aliphatic rings. The van der Waals surface area contributed by atoms with Crippen molar-refractivity contribution in [2.24, 2.45) is 7.05 Å². The first-order valence-electron chi connectivity index (χ1n) is 7.79. The second-order valence-electron chi connectivity index (χ2n) is 5.63. The first-order chi connectivity index (χ1) is 11.7. The molecule has 122 valence electrons. The Kier molecular flexibility index (Phi) is 4.72. The van der Waals surface area contributed by atoms with E-state index in [1.165, 1.54) is 11.6 Å². The molecule has 1 heterocycles. The van der Waals surface area contributed by atoms with Gasteiger partial charge in [0.25, 0.3) is 5.91 Å². The fraction of sp³-hybridized carbons (Fsp3) is 0.158. The minimum absolute atomic E-state index is 0.556. The zero-order valence-electron chi connectivity index (χ0n) is 13.4. The SMILES string of the molecule is Cn1c(CCc2ccccc2)nc2cc(C=CC(=O)NO)ccc21. The number of carbonyl (C=O) groups is 1. The Labute approximate surface area is 140 Å². The molecule has 2 N–H and O–H groups in total. The standard InChI is InChI=1S/C19H19N3O2/c1-22-17-10-7-15(9-12-19(23)21-24)13-16(17)20-18(22)11-8-14-5-3-2-4-6-14/h2-7,9-10,12-13,24H,8,11H2,1H3,(H,21,23). The predicted molar refractivity (Wildman–Crippen MR) is 93.5 cm³/mol. The maximum Gasteiger partial charge on any atom is 0.267 e. The van der Waals surface area contributed by atoms with Gasteiger partial charge in [-0.15, -0.1) is 0 Å². The Bertz CT molecular complexity index is 882. The third-order valence-corrected chi connectivity index (χ3v) is 4.01. The molecule has 3 aromatic rings. The molecule has 0 saturated heterocycles. The molecule has 0 spiro atoms. The summed E-state index contributed by atoms with van der Waals surface area (Å²) in [5.41, 5.74) is 5.68. The molecule has 2 aromatic carbocycles. The van der Waals surface area contributed by atoms with Gasteiger partial charge in [-0.3, -0.25) is 10.0 Å². The number of fused-ring (bicyclic) bond motifs is 1. The highest BCUT2D eigenvalue weighted by Gasteiger charge is 2.08. The second-order valence-corrected chi connectivity index (χ2v) is 5.63. The van der Waals surface area contributed by atoms with Crippen LogP contribution in [0.25, 0.3) is 17.1 Å². The number of benzene rings is 2. The molecule has 0 aliphatic carbocycles. The van der Waals surface area contributed by atoms with E-state index >= 15 is 0 Å². The minimum atomic E-state index is -0.556. The van der Waals surface area contributed by atoms with Gasteiger partial charge in [0.15, 0.2) is 0 Å². The first-order valence-corrected chi connectivity index (χ1v) is 7.79. The van der Waals surface area contributed by atoms with Crippen molar-refractivity contribution in [1.29, 1.82) is 0 Å². The molecule has 1 aromatic heterocycles. The maximum atomic E-state index is 11.1. The summed E-state index contributed by atoms with van der Waals surface area (Å²) in [4.78, 5) is 15.8. The molecule has 0 fully saturated rings. The fourth-order valence-corrected chi connectivity index (χ4v) is 2.70. The lowest BCUT2D eigenvalue weighted by Crippen LogP contribution is -2.14. The number of hydrogen-bond donors (Lipinski definition) is 2. The lowest BCUT2D eigenvalue weighted by atomic mass is 10.1. The Morgan fingerprint density at radius 2 is 2.00 bits per heavy atom. The van der Waals surface area contributed by atoms with Crippen LogP contribution in [0, 0.1) is 0 Å². The number of nitrogens with one attached hydrogen (secondary N) is 1. The van der Waals surface area contributed by atoms with Crippen molar-refractivity contribution >= 4 is 23.0 Å². The van der Waals surface area contributed by atoms with E-state index in [2.05, 4.69) is 16.7 Å². The molecule has 5 heteroatoms. The molecule has 0 saturated carbocycles. The third-order valence-electron chi connectivity index (χ3n) is 4.01. The van der Waals surface area contributed by atoms with Gasteiger partial charge >= 0.3 is 0 Å². The van der Waals surface area contributed by atoms with E-state index in [9.17, 15) is 4.79 Å². The number of carbonyl (C=O) groups excluding carboxylic acids is 1. The van der Waals surface area contributed by atoms with Gasteiger partial charge in [-0.25, -0.2) is 10.5 Å². The third kappa shape index (κ3) is 3.52. The van der Waals surface area contributed by atoms with Crippen LogP contribution in [-0.2, 0) is 24.7 Å². The highest BCUT2D eigenvalue weighted by Crippen LogP contribution is 2.19. The molecule has 24 heavy (non-hydrogen) atoms. The molecule has 5 nitrogen and oxygen atoms in total. The van der Waals surface area contributed by atoms with Crippen molar-refractivity contribution in [3.05, 3.63) is 71.6 Å². The zero-order valence-corrected chi connectivity index (χ0v) is 13.4. The number of nitrogens with zero attached hydrogens (tertiary/aromatic N) is 2. The van der Waals surface area contributed by atoms with Crippen LogP contribution in [0.2, 0.25) is 0 Å². The summed E-state index contributed by atoms with van der Waals surface area (Å²) in [5.74, 6) is 0.475. The Hall–Kier alpha value is -2.92. The van der Waals surface area contributed by atoms with Crippen LogP contribution in [0.3, 0.4) is 0 Å². The largest absolute Gasteiger partial charge is 0.331 e. The molecule has 0 atom stereocenters. The monoisotopic (exact) mass is 321 g/mol. The van der Waals surface area contributed by atoms with Crippen molar-refractivity contribution in [1.82, 2.24) is 15.0 Å². The second kappa shape index (κ2) is 7.10. The van der Waals surface area contributed by atoms with Gasteiger partial charge in [0.2, 0.25) is 0 Å². The van der Waals surface area contributed by atoms with Gasteiger partial charge in [-0.2, -0.15) is 0 Å². The lowest BCUT2D eigenvalue weighted by Gasteiger charge is -2.03. The molecule has 1 amide bonds. The van der Waals surface area contributed by atoms with E-state index in [4.69, 9.17) is 10.2 Å². The summed E-state index contributed by atoms with van der Waals surface area (Å²) >= 11 is 0. The normalized spacial score (nSPS) is 11.2. The number of amides is 1. The van der Waals surface area contributed by atoms with E-state index in [0.29, 0.717) is 0 Å². The average molecular weight is 321 g/mol. The zero-order chi connectivity index (χ0) is 16.9. The van der Waals surface area contributed by atoms with Crippen molar-refractivity contribution in [2.75, 3.05) is 0 Å². The van der Waals surface area contributed by atoms with Crippen LogP contribution in [-0.4, -0.2) is 20.7 Å². The van der Waals surface area contributed by atoms with Crippen LogP contribution in [0.15, 0.2) is 54.6 Å². The van der Waals surface area contributed by atoms with Gasteiger partial charge in [0.1, 0.15) is 5.82 Å². The number of rotatable bonds is 5. The smallest absolute Gasteiger partial charge is 0.267 e. The van der Waals surface area contributed by atoms with Crippen molar-refractivity contribution < 1.29 is 10.0 Å². The summed E-state index contributed by atoms with van der Waals surface area (Å²) < 4.78 is 2.10. The van der Waals surface area contributed by atoms with E-state index in [1.54, 1.807) is 11.6 Å². The fourth-order valence-electron chi connectivity index (χ4n) is 2.70. The van der Waals surface area contributed by atoms with Crippen LogP contribution >= 0.6 is 0 Å². The molecule has 0 bridgehead atoms. The van der Waals surface area contributed by atoms with Gasteiger partial charge < -0.3 is 4.57 Å². The number of aromatic nitrogens is 2. The number of imidazole rings is 1. The van der Waals surface area contributed by atoms with Gasteiger partial charge in [0.05, 0.1) is 11.0 Å². The van der Waals surface area contributed by atoms with Crippen LogP contribution in [0.1, 0.15) is 17.0 Å². The molecular weight excluding hydrogens is 302 g/mol. The van der Waals surface area contributed by atoms with Gasteiger partial charge in [-0.05, 0) is 35.8 Å². The van der Waals surface area contributed by atoms with Crippen molar-refractivity contribution in [3.8, 4) is 0 Å². The van der Waals surface area contributed by atoms with Crippen LogP contribution < -0.4 is 5.48 Å². The van der Waals surface area contributed by atoms with Crippen LogP contribution in [0.5, 0.6) is 0 Å². The Balaban J connectivity index is 1.81. The van der Waals surface area contributed by atoms with E-state index < -0.39 is 5.91 Å². The minimum Gasteiger partial charge on any atom is -0.331 e. The van der Waals surface area contributed by atoms with Crippen LogP contribution in [0.4, 0.5) is 0 Å². The summed E-state index contributed by atoms with van der Waals surface area (Å²) in [6.45, 7) is 0. The molecule has 0 unspecified atom stereocenters. The van der Waals surface area contributed by atoms with Gasteiger partial charge in [0, 0.05) is 19.5 Å². The van der Waals surface area contributed by atoms with Crippen molar-refractivity contribution in [2.45, 2.75) is 12.8 Å². The Morgan fingerprint density at radius 1 is 1.21 bits per heavy atom. The summed E-state index contributed by atoms with van der Waals surface area (Å²) in [7, 11) is 2.02. The molecule has 0 aliphatic heterocycles. The maximum absolute atomic E-state index is 11.1. The van der Waals surface area contributed by atoms with E-state index in [0.717, 1.165) is 35.3 Å². The predicted octanol–water partition coefficient (Wildman–Crippen LogP) is 2.88. The van der Waals surface area contributed by atoms with Gasteiger partial charge in [-0.1, -0.05) is 36.4 Å². The average Bonchev–Trinajstić information content (AvgIpc) is 2.94. The molecular formula is C19H19N3O2. The Morgan fingerprint density at radius 3 is 2.75 bits per heavy atom. The highest BCUT2D eigenvalue weighted by molar-refractivity contribution is 5.91. The quantitative estimate of drug-likeness (QED) is 0.431. The topological polar surface area (TPSA) is 67.2 Å². The number of hydrogen-bond acceptors (Lipinski definition) is 3. The lowest BCUT2D eigenvalue weighted by molar-refractivity contribution is -0.124. The van der Waals surface area contributed by atoms with E-state index in [1.807, 2.05) is 43.4 Å². The summed E-state index contributed by atoms with van der Waals surface area (Å²) in [6.07, 6.45) is 4.73. The van der Waals surface area contributed by atoms with Crippen molar-refractivity contribution in [3.63, 3.8) is 0 Å². The summed E-state index contributed by atoms with van der Waals surface area (Å²) in [5, 5.41) is 8.51. The molecule has 0 radical (unpaired) electrons.